The zero-order chi connectivity index (χ0) is 26.7. The minimum absolute atomic E-state index is 0.0631. The van der Waals surface area contributed by atoms with Crippen LogP contribution in [0.15, 0.2) is 48.5 Å². The van der Waals surface area contributed by atoms with Gasteiger partial charge in [0.2, 0.25) is 0 Å². The van der Waals surface area contributed by atoms with E-state index in [0.29, 0.717) is 26.3 Å². The summed E-state index contributed by atoms with van der Waals surface area (Å²) in [5, 5.41) is 9.28. The molecule has 1 heterocycles. The topological polar surface area (TPSA) is 86.7 Å². The highest BCUT2D eigenvalue weighted by Gasteiger charge is 2.35. The SMILES string of the molecule is COc1ccccc1OCCCCOc1ccc(C2CCN(C(=O)OC(C)(C)C)CC2OCCO)cc1. The van der Waals surface area contributed by atoms with Gasteiger partial charge in [-0.25, -0.2) is 4.79 Å². The number of likely N-dealkylation sites (tertiary alicyclic amines) is 1. The molecule has 8 nitrogen and oxygen atoms in total. The fourth-order valence-electron chi connectivity index (χ4n) is 4.29. The zero-order valence-electron chi connectivity index (χ0n) is 22.5. The van der Waals surface area contributed by atoms with Crippen LogP contribution in [0, 0.1) is 0 Å². The van der Waals surface area contributed by atoms with Crippen LogP contribution in [0.5, 0.6) is 17.2 Å². The Morgan fingerprint density at radius 1 is 0.973 bits per heavy atom. The van der Waals surface area contributed by atoms with Crippen LogP contribution >= 0.6 is 0 Å². The molecule has 8 heteroatoms. The Morgan fingerprint density at radius 2 is 1.65 bits per heavy atom. The fraction of sp³-hybridized carbons (Fsp3) is 0.552. The van der Waals surface area contributed by atoms with E-state index in [0.717, 1.165) is 42.1 Å². The van der Waals surface area contributed by atoms with Crippen LogP contribution in [0.3, 0.4) is 0 Å². The molecule has 0 radical (unpaired) electrons. The fourth-order valence-corrected chi connectivity index (χ4v) is 4.29. The molecule has 1 fully saturated rings. The second-order valence-corrected chi connectivity index (χ2v) is 10.1. The molecule has 0 aliphatic carbocycles. The van der Waals surface area contributed by atoms with E-state index in [1.807, 2.05) is 57.2 Å². The van der Waals surface area contributed by atoms with Crippen molar-refractivity contribution < 1.29 is 33.6 Å². The van der Waals surface area contributed by atoms with Crippen molar-refractivity contribution in [1.82, 2.24) is 4.90 Å². The van der Waals surface area contributed by atoms with E-state index in [1.165, 1.54) is 0 Å². The third kappa shape index (κ3) is 9.13. The number of rotatable bonds is 12. The van der Waals surface area contributed by atoms with Crippen molar-refractivity contribution in [2.45, 2.75) is 57.7 Å². The Bertz CT molecular complexity index is 957. The van der Waals surface area contributed by atoms with Gasteiger partial charge < -0.3 is 33.7 Å². The van der Waals surface area contributed by atoms with E-state index in [1.54, 1.807) is 12.0 Å². The molecule has 1 amide bonds. The van der Waals surface area contributed by atoms with Crippen molar-refractivity contribution in [3.05, 3.63) is 54.1 Å². The minimum atomic E-state index is -0.548. The smallest absolute Gasteiger partial charge is 0.410 e. The van der Waals surface area contributed by atoms with Crippen LogP contribution in [0.2, 0.25) is 0 Å². The number of ether oxygens (including phenoxy) is 5. The van der Waals surface area contributed by atoms with Crippen molar-refractivity contribution in [3.63, 3.8) is 0 Å². The number of amides is 1. The lowest BCUT2D eigenvalue weighted by Crippen LogP contribution is -2.48. The summed E-state index contributed by atoms with van der Waals surface area (Å²) in [6.45, 7) is 7.95. The Morgan fingerprint density at radius 3 is 2.30 bits per heavy atom. The second-order valence-electron chi connectivity index (χ2n) is 10.1. The van der Waals surface area contributed by atoms with Gasteiger partial charge in [0.1, 0.15) is 11.4 Å². The molecule has 2 aromatic carbocycles. The predicted octanol–water partition coefficient (Wildman–Crippen LogP) is 5.04. The van der Waals surface area contributed by atoms with Gasteiger partial charge in [0, 0.05) is 12.5 Å². The minimum Gasteiger partial charge on any atom is -0.494 e. The number of methoxy groups -OCH3 is 1. The summed E-state index contributed by atoms with van der Waals surface area (Å²) in [4.78, 5) is 14.3. The number of aliphatic hydroxyl groups is 1. The molecular weight excluding hydrogens is 474 g/mol. The first-order valence-electron chi connectivity index (χ1n) is 13.0. The molecule has 1 saturated heterocycles. The quantitative estimate of drug-likeness (QED) is 0.397. The van der Waals surface area contributed by atoms with Gasteiger partial charge in [-0.2, -0.15) is 0 Å². The molecule has 2 aromatic rings. The third-order valence-electron chi connectivity index (χ3n) is 6.08. The highest BCUT2D eigenvalue weighted by molar-refractivity contribution is 5.68. The van der Waals surface area contributed by atoms with E-state index in [2.05, 4.69) is 12.1 Å². The normalized spacial score (nSPS) is 17.8. The summed E-state index contributed by atoms with van der Waals surface area (Å²) in [7, 11) is 1.64. The van der Waals surface area contributed by atoms with Gasteiger partial charge in [0.05, 0.1) is 46.2 Å². The summed E-state index contributed by atoms with van der Waals surface area (Å²) in [5.41, 5.74) is 0.581. The summed E-state index contributed by atoms with van der Waals surface area (Å²) in [6, 6.07) is 15.7. The number of unbranched alkanes of at least 4 members (excludes halogenated alkanes) is 1. The van der Waals surface area contributed by atoms with Crippen molar-refractivity contribution >= 4 is 6.09 Å². The maximum Gasteiger partial charge on any atom is 0.410 e. The molecule has 37 heavy (non-hydrogen) atoms. The lowest BCUT2D eigenvalue weighted by Gasteiger charge is -2.39. The highest BCUT2D eigenvalue weighted by atomic mass is 16.6. The number of para-hydroxylation sites is 2. The first-order chi connectivity index (χ1) is 17.8. The molecule has 204 valence electrons. The molecular formula is C29H41NO7. The number of aliphatic hydroxyl groups excluding tert-OH is 1. The zero-order valence-corrected chi connectivity index (χ0v) is 22.5. The Balaban J connectivity index is 1.46. The molecule has 1 aliphatic heterocycles. The number of carbonyl (C=O) groups is 1. The number of nitrogens with zero attached hydrogens (tertiary/aromatic N) is 1. The lowest BCUT2D eigenvalue weighted by molar-refractivity contribution is -0.0376. The lowest BCUT2D eigenvalue weighted by atomic mass is 9.87. The van der Waals surface area contributed by atoms with Gasteiger partial charge in [-0.05, 0) is 69.9 Å². The molecule has 0 spiro atoms. The van der Waals surface area contributed by atoms with E-state index < -0.39 is 5.60 Å². The first-order valence-corrected chi connectivity index (χ1v) is 13.0. The Labute approximate surface area is 220 Å². The maximum absolute atomic E-state index is 12.6. The summed E-state index contributed by atoms with van der Waals surface area (Å²) in [6.07, 6.45) is 1.94. The molecule has 2 atom stereocenters. The number of hydrogen-bond donors (Lipinski definition) is 1. The molecule has 0 aromatic heterocycles. The molecule has 0 bridgehead atoms. The number of benzene rings is 2. The second kappa shape index (κ2) is 14.1. The van der Waals surface area contributed by atoms with Crippen molar-refractivity contribution in [1.29, 1.82) is 0 Å². The first kappa shape index (κ1) is 28.6. The molecule has 3 rings (SSSR count). The van der Waals surface area contributed by atoms with Crippen LogP contribution < -0.4 is 14.2 Å². The third-order valence-corrected chi connectivity index (χ3v) is 6.08. The van der Waals surface area contributed by atoms with Gasteiger partial charge in [0.15, 0.2) is 11.5 Å². The van der Waals surface area contributed by atoms with Crippen molar-refractivity contribution in [2.24, 2.45) is 0 Å². The van der Waals surface area contributed by atoms with Crippen LogP contribution in [-0.4, -0.2) is 74.4 Å². The summed E-state index contributed by atoms with van der Waals surface area (Å²) < 4.78 is 28.5. The van der Waals surface area contributed by atoms with Gasteiger partial charge in [-0.3, -0.25) is 0 Å². The van der Waals surface area contributed by atoms with Crippen molar-refractivity contribution in [2.75, 3.05) is 46.6 Å². The van der Waals surface area contributed by atoms with Gasteiger partial charge >= 0.3 is 6.09 Å². The monoisotopic (exact) mass is 515 g/mol. The van der Waals surface area contributed by atoms with Crippen LogP contribution in [0.1, 0.15) is 51.5 Å². The van der Waals surface area contributed by atoms with E-state index in [9.17, 15) is 9.90 Å². The highest BCUT2D eigenvalue weighted by Crippen LogP contribution is 2.32. The largest absolute Gasteiger partial charge is 0.494 e. The van der Waals surface area contributed by atoms with E-state index in [-0.39, 0.29) is 31.3 Å². The Hall–Kier alpha value is -2.97. The van der Waals surface area contributed by atoms with Crippen molar-refractivity contribution in [3.8, 4) is 17.2 Å². The average Bonchev–Trinajstić information content (AvgIpc) is 2.89. The standard InChI is InChI=1S/C29H41NO7/c1-29(2,3)37-28(32)30-16-15-24(27(21-30)36-20-17-31)22-11-13-23(14-12-22)34-18-7-8-19-35-26-10-6-5-9-25(26)33-4/h5-6,9-14,24,27,31H,7-8,15-21H2,1-4H3. The van der Waals surface area contributed by atoms with Crippen LogP contribution in [0.4, 0.5) is 4.79 Å². The van der Waals surface area contributed by atoms with Crippen LogP contribution in [0.25, 0.3) is 0 Å². The van der Waals surface area contributed by atoms with E-state index >= 15 is 0 Å². The Kier molecular flexibility index (Phi) is 10.9. The maximum atomic E-state index is 12.6. The number of piperidine rings is 1. The van der Waals surface area contributed by atoms with E-state index in [4.69, 9.17) is 23.7 Å². The predicted molar refractivity (Wildman–Crippen MR) is 142 cm³/mol. The van der Waals surface area contributed by atoms with Gasteiger partial charge in [-0.1, -0.05) is 24.3 Å². The molecule has 1 N–H and O–H groups in total. The van der Waals surface area contributed by atoms with Crippen LogP contribution in [-0.2, 0) is 9.47 Å². The number of carbonyl (C=O) groups excluding carboxylic acids is 1. The molecule has 1 aliphatic rings. The van der Waals surface area contributed by atoms with Gasteiger partial charge in [0.25, 0.3) is 0 Å². The van der Waals surface area contributed by atoms with Gasteiger partial charge in [-0.15, -0.1) is 0 Å². The summed E-state index contributed by atoms with van der Waals surface area (Å²) >= 11 is 0. The molecule has 0 saturated carbocycles. The molecule has 2 unspecified atom stereocenters. The summed E-state index contributed by atoms with van der Waals surface area (Å²) in [5.74, 6) is 2.41. The number of hydrogen-bond acceptors (Lipinski definition) is 7. The average molecular weight is 516 g/mol.